The Balaban J connectivity index is 1.97. The van der Waals surface area contributed by atoms with E-state index in [1.165, 1.54) is 4.90 Å². The van der Waals surface area contributed by atoms with Crippen LogP contribution < -0.4 is 4.90 Å². The molecule has 2 amide bonds. The van der Waals surface area contributed by atoms with Crippen molar-refractivity contribution in [3.63, 3.8) is 0 Å². The first-order valence-electron chi connectivity index (χ1n) is 6.59. The molecule has 2 aliphatic rings. The molecule has 2 aromatic carbocycles. The fraction of sp³-hybridized carbons (Fsp3) is 0.125. The van der Waals surface area contributed by atoms with Gasteiger partial charge in [-0.25, -0.2) is 4.90 Å². The number of carbonyl (C=O) groups is 2. The number of nitrogens with zero attached hydrogens (tertiary/aromatic N) is 2. The Labute approximate surface area is 126 Å². The maximum atomic E-state index is 12.7. The van der Waals surface area contributed by atoms with Crippen LogP contribution in [-0.2, 0) is 0 Å². The van der Waals surface area contributed by atoms with Crippen LogP contribution >= 0.6 is 11.6 Å². The summed E-state index contributed by atoms with van der Waals surface area (Å²) in [6.07, 6.45) is -0.380. The number of fused-ring (bicyclic) bond motifs is 4. The number of imide groups is 1. The van der Waals surface area contributed by atoms with Crippen LogP contribution in [0, 0.1) is 0 Å². The molecule has 0 aliphatic carbocycles. The highest BCUT2D eigenvalue weighted by atomic mass is 35.5. The average Bonchev–Trinajstić information content (AvgIpc) is 2.79. The number of hydrogen-bond acceptors (Lipinski definition) is 3. The highest BCUT2D eigenvalue weighted by Crippen LogP contribution is 2.44. The Morgan fingerprint density at radius 2 is 1.71 bits per heavy atom. The molecule has 21 heavy (non-hydrogen) atoms. The second-order valence-electron chi connectivity index (χ2n) is 5.21. The third kappa shape index (κ3) is 1.51. The number of halogens is 1. The van der Waals surface area contributed by atoms with Crippen LogP contribution in [-0.4, -0.2) is 23.8 Å². The second kappa shape index (κ2) is 4.09. The lowest BCUT2D eigenvalue weighted by Crippen LogP contribution is -2.46. The summed E-state index contributed by atoms with van der Waals surface area (Å²) in [5.41, 5.74) is 2.69. The van der Waals surface area contributed by atoms with Gasteiger partial charge in [0.2, 0.25) is 0 Å². The van der Waals surface area contributed by atoms with E-state index in [2.05, 4.69) is 0 Å². The van der Waals surface area contributed by atoms with E-state index in [-0.39, 0.29) is 18.0 Å². The fourth-order valence-electron chi connectivity index (χ4n) is 3.13. The molecule has 0 N–H and O–H groups in total. The summed E-state index contributed by atoms with van der Waals surface area (Å²) < 4.78 is 0. The number of anilines is 1. The molecular formula is C16H11ClN2O2. The molecule has 4 nitrogen and oxygen atoms in total. The first-order chi connectivity index (χ1) is 10.1. The highest BCUT2D eigenvalue weighted by molar-refractivity contribution is 6.31. The number of rotatable bonds is 0. The predicted octanol–water partition coefficient (Wildman–Crippen LogP) is 3.08. The molecule has 4 rings (SSSR count). The van der Waals surface area contributed by atoms with E-state index in [0.717, 1.165) is 11.3 Å². The second-order valence-corrected chi connectivity index (χ2v) is 5.65. The number of amides is 2. The van der Waals surface area contributed by atoms with Gasteiger partial charge in [0, 0.05) is 23.2 Å². The zero-order valence-corrected chi connectivity index (χ0v) is 12.0. The molecule has 0 bridgehead atoms. The molecule has 2 aromatic rings. The van der Waals surface area contributed by atoms with Gasteiger partial charge in [0.25, 0.3) is 11.8 Å². The molecule has 2 aliphatic heterocycles. The van der Waals surface area contributed by atoms with Crippen LogP contribution in [0.5, 0.6) is 0 Å². The largest absolute Gasteiger partial charge is 0.349 e. The quantitative estimate of drug-likeness (QED) is 0.702. The average molecular weight is 299 g/mol. The number of carbonyl (C=O) groups excluding carboxylic acids is 2. The van der Waals surface area contributed by atoms with Crippen LogP contribution in [0.2, 0.25) is 5.02 Å². The van der Waals surface area contributed by atoms with Crippen LogP contribution in [0.25, 0.3) is 0 Å². The molecule has 5 heteroatoms. The van der Waals surface area contributed by atoms with E-state index < -0.39 is 0 Å². The lowest BCUT2D eigenvalue weighted by Gasteiger charge is -2.39. The van der Waals surface area contributed by atoms with E-state index in [1.54, 1.807) is 18.2 Å². The summed E-state index contributed by atoms with van der Waals surface area (Å²) in [5.74, 6) is -0.546. The van der Waals surface area contributed by atoms with Gasteiger partial charge in [0.05, 0.1) is 11.3 Å². The zero-order valence-electron chi connectivity index (χ0n) is 11.2. The minimum absolute atomic E-state index is 0.252. The molecule has 0 spiro atoms. The first kappa shape index (κ1) is 12.4. The normalized spacial score (nSPS) is 19.4. The van der Waals surface area contributed by atoms with Crippen LogP contribution in [0.15, 0.2) is 42.5 Å². The van der Waals surface area contributed by atoms with Crippen molar-refractivity contribution < 1.29 is 9.59 Å². The zero-order chi connectivity index (χ0) is 14.7. The summed E-state index contributed by atoms with van der Waals surface area (Å²) in [4.78, 5) is 28.5. The molecule has 0 radical (unpaired) electrons. The van der Waals surface area contributed by atoms with Crippen molar-refractivity contribution in [1.82, 2.24) is 4.90 Å². The van der Waals surface area contributed by atoms with Gasteiger partial charge in [-0.1, -0.05) is 29.8 Å². The lowest BCUT2D eigenvalue weighted by molar-refractivity contribution is 0.0564. The maximum absolute atomic E-state index is 12.7. The third-order valence-corrected chi connectivity index (χ3v) is 4.32. The topological polar surface area (TPSA) is 40.6 Å². The summed E-state index contributed by atoms with van der Waals surface area (Å²) in [6, 6.07) is 12.5. The van der Waals surface area contributed by atoms with E-state index in [9.17, 15) is 9.59 Å². The molecule has 0 saturated heterocycles. The van der Waals surface area contributed by atoms with Gasteiger partial charge in [-0.05, 0) is 24.3 Å². The molecule has 1 atom stereocenters. The Kier molecular flexibility index (Phi) is 2.41. The predicted molar refractivity (Wildman–Crippen MR) is 79.5 cm³/mol. The monoisotopic (exact) mass is 298 g/mol. The van der Waals surface area contributed by atoms with Crippen molar-refractivity contribution in [2.45, 2.75) is 6.17 Å². The van der Waals surface area contributed by atoms with Crippen LogP contribution in [0.3, 0.4) is 0 Å². The van der Waals surface area contributed by atoms with Gasteiger partial charge in [0.15, 0.2) is 0 Å². The summed E-state index contributed by atoms with van der Waals surface area (Å²) in [6.45, 7) is 0. The van der Waals surface area contributed by atoms with E-state index in [0.29, 0.717) is 16.1 Å². The Hall–Kier alpha value is -2.33. The van der Waals surface area contributed by atoms with Gasteiger partial charge in [-0.3, -0.25) is 9.59 Å². The van der Waals surface area contributed by atoms with E-state index in [4.69, 9.17) is 11.6 Å². The summed E-state index contributed by atoms with van der Waals surface area (Å²) >= 11 is 5.98. The van der Waals surface area contributed by atoms with Crippen LogP contribution in [0.4, 0.5) is 5.69 Å². The van der Waals surface area contributed by atoms with Crippen molar-refractivity contribution in [3.05, 3.63) is 64.2 Å². The van der Waals surface area contributed by atoms with Gasteiger partial charge in [-0.15, -0.1) is 0 Å². The lowest BCUT2D eigenvalue weighted by atomic mass is 10.0. The molecule has 0 saturated carbocycles. The van der Waals surface area contributed by atoms with Crippen molar-refractivity contribution in [1.29, 1.82) is 0 Å². The van der Waals surface area contributed by atoms with Crippen molar-refractivity contribution in [3.8, 4) is 0 Å². The highest BCUT2D eigenvalue weighted by Gasteiger charge is 2.47. The first-order valence-corrected chi connectivity index (χ1v) is 6.96. The molecule has 2 heterocycles. The van der Waals surface area contributed by atoms with Gasteiger partial charge in [0.1, 0.15) is 6.17 Å². The Morgan fingerprint density at radius 1 is 1.00 bits per heavy atom. The molecule has 0 fully saturated rings. The molecule has 0 aromatic heterocycles. The molecular weight excluding hydrogens is 288 g/mol. The third-order valence-electron chi connectivity index (χ3n) is 4.09. The molecule has 104 valence electrons. The Morgan fingerprint density at radius 3 is 2.52 bits per heavy atom. The standard InChI is InChI=1S/C16H11ClN2O2/c1-18-13-7-6-9(17)8-12(13)16(21)19-14(18)10-4-2-3-5-11(10)15(19)20/h2-8,14H,1H3. The number of hydrogen-bond donors (Lipinski definition) is 0. The van der Waals surface area contributed by atoms with E-state index in [1.807, 2.05) is 36.2 Å². The van der Waals surface area contributed by atoms with E-state index >= 15 is 0 Å². The van der Waals surface area contributed by atoms with Crippen molar-refractivity contribution in [2.75, 3.05) is 11.9 Å². The van der Waals surface area contributed by atoms with Crippen molar-refractivity contribution >= 4 is 29.1 Å². The molecule has 1 unspecified atom stereocenters. The Bertz CT molecular complexity index is 803. The minimum Gasteiger partial charge on any atom is -0.349 e. The summed E-state index contributed by atoms with van der Waals surface area (Å²) in [5, 5.41) is 0.484. The fourth-order valence-corrected chi connectivity index (χ4v) is 3.30. The van der Waals surface area contributed by atoms with Gasteiger partial charge in [-0.2, -0.15) is 0 Å². The summed E-state index contributed by atoms with van der Waals surface area (Å²) in [7, 11) is 1.88. The van der Waals surface area contributed by atoms with Crippen molar-refractivity contribution in [2.24, 2.45) is 0 Å². The smallest absolute Gasteiger partial charge is 0.264 e. The maximum Gasteiger partial charge on any atom is 0.264 e. The SMILES string of the molecule is CN1c2ccc(Cl)cc2C(=O)N2C(=O)c3ccccc3C21. The van der Waals surface area contributed by atoms with Gasteiger partial charge < -0.3 is 4.90 Å². The number of benzene rings is 2. The van der Waals surface area contributed by atoms with Gasteiger partial charge >= 0.3 is 0 Å². The minimum atomic E-state index is -0.380. The van der Waals surface area contributed by atoms with Crippen LogP contribution in [0.1, 0.15) is 32.4 Å².